The van der Waals surface area contributed by atoms with E-state index in [9.17, 15) is 4.79 Å². The van der Waals surface area contributed by atoms with Crippen molar-refractivity contribution in [3.05, 3.63) is 0 Å². The highest BCUT2D eigenvalue weighted by Crippen LogP contribution is 2.25. The van der Waals surface area contributed by atoms with Gasteiger partial charge >= 0.3 is 0 Å². The predicted octanol–water partition coefficient (Wildman–Crippen LogP) is 1.97. The Hall–Kier alpha value is -0.570. The van der Waals surface area contributed by atoms with E-state index in [0.29, 0.717) is 0 Å². The summed E-state index contributed by atoms with van der Waals surface area (Å²) < 4.78 is 0. The normalized spacial score (nSPS) is 29.9. The molecule has 1 aliphatic rings. The number of carbonyl (C=O) groups is 1. The van der Waals surface area contributed by atoms with Crippen LogP contribution in [0.2, 0.25) is 0 Å². The molecule has 1 saturated carbocycles. The van der Waals surface area contributed by atoms with Crippen LogP contribution in [0.3, 0.4) is 0 Å². The van der Waals surface area contributed by atoms with Gasteiger partial charge in [0.05, 0.1) is 0 Å². The summed E-state index contributed by atoms with van der Waals surface area (Å²) in [6.45, 7) is 2.28. The molecule has 0 aliphatic heterocycles. The van der Waals surface area contributed by atoms with E-state index in [1.54, 1.807) is 0 Å². The Bertz CT molecular complexity index is 182. The zero-order chi connectivity index (χ0) is 10.4. The van der Waals surface area contributed by atoms with Gasteiger partial charge in [0.2, 0.25) is 5.91 Å². The van der Waals surface area contributed by atoms with Crippen molar-refractivity contribution in [1.82, 2.24) is 5.43 Å². The fourth-order valence-electron chi connectivity index (χ4n) is 2.21. The standard InChI is InChI=1S/C11H22N2O/c1-9-5-3-2-4-6-10(8-7-9)11(14)13-12/h9-10H,2-8,12H2,1H3,(H,13,14). The smallest absolute Gasteiger partial charge is 0.236 e. The summed E-state index contributed by atoms with van der Waals surface area (Å²) in [7, 11) is 0. The number of nitrogens with two attached hydrogens (primary N) is 1. The van der Waals surface area contributed by atoms with Crippen molar-refractivity contribution < 1.29 is 4.79 Å². The highest BCUT2D eigenvalue weighted by molar-refractivity contribution is 5.77. The fraction of sp³-hybridized carbons (Fsp3) is 0.909. The summed E-state index contributed by atoms with van der Waals surface area (Å²) >= 11 is 0. The average Bonchev–Trinajstić information content (AvgIpc) is 2.29. The van der Waals surface area contributed by atoms with Gasteiger partial charge in [0.1, 0.15) is 0 Å². The Balaban J connectivity index is 2.44. The summed E-state index contributed by atoms with van der Waals surface area (Å²) in [5, 5.41) is 0. The lowest BCUT2D eigenvalue weighted by atomic mass is 9.93. The summed E-state index contributed by atoms with van der Waals surface area (Å²) in [6.07, 6.45) is 8.25. The average molecular weight is 198 g/mol. The van der Waals surface area contributed by atoms with Crippen LogP contribution >= 0.6 is 0 Å². The van der Waals surface area contributed by atoms with Crippen molar-refractivity contribution in [1.29, 1.82) is 0 Å². The van der Waals surface area contributed by atoms with Gasteiger partial charge in [-0.15, -0.1) is 0 Å². The molecule has 3 heteroatoms. The minimum absolute atomic E-state index is 0.0269. The van der Waals surface area contributed by atoms with Crippen LogP contribution in [0.5, 0.6) is 0 Å². The summed E-state index contributed by atoms with van der Waals surface area (Å²) in [6, 6.07) is 0. The van der Waals surface area contributed by atoms with E-state index in [4.69, 9.17) is 5.84 Å². The van der Waals surface area contributed by atoms with Gasteiger partial charge in [-0.25, -0.2) is 5.84 Å². The number of hydrazine groups is 1. The Kier molecular flexibility index (Phi) is 4.94. The van der Waals surface area contributed by atoms with Gasteiger partial charge in [0.25, 0.3) is 0 Å². The van der Waals surface area contributed by atoms with E-state index < -0.39 is 0 Å². The van der Waals surface area contributed by atoms with E-state index in [-0.39, 0.29) is 11.8 Å². The number of rotatable bonds is 1. The molecular formula is C11H22N2O. The van der Waals surface area contributed by atoms with Crippen molar-refractivity contribution >= 4 is 5.91 Å². The monoisotopic (exact) mass is 198 g/mol. The molecule has 3 N–H and O–H groups in total. The number of hydrogen-bond acceptors (Lipinski definition) is 2. The third-order valence-electron chi connectivity index (χ3n) is 3.27. The highest BCUT2D eigenvalue weighted by Gasteiger charge is 2.19. The van der Waals surface area contributed by atoms with Crippen molar-refractivity contribution in [2.24, 2.45) is 17.7 Å². The maximum absolute atomic E-state index is 11.4. The number of amides is 1. The molecule has 0 saturated heterocycles. The van der Waals surface area contributed by atoms with Crippen LogP contribution < -0.4 is 11.3 Å². The van der Waals surface area contributed by atoms with Crippen molar-refractivity contribution in [3.63, 3.8) is 0 Å². The third kappa shape index (κ3) is 3.66. The summed E-state index contributed by atoms with van der Waals surface area (Å²) in [5.74, 6) is 6.11. The molecule has 0 spiro atoms. The Morgan fingerprint density at radius 2 is 1.86 bits per heavy atom. The molecule has 1 amide bonds. The van der Waals surface area contributed by atoms with E-state index in [1.165, 1.54) is 25.7 Å². The van der Waals surface area contributed by atoms with Crippen LogP contribution in [-0.4, -0.2) is 5.91 Å². The lowest BCUT2D eigenvalue weighted by Crippen LogP contribution is -2.36. The Labute approximate surface area is 86.4 Å². The van der Waals surface area contributed by atoms with Gasteiger partial charge in [0, 0.05) is 5.92 Å². The largest absolute Gasteiger partial charge is 0.294 e. The molecule has 3 nitrogen and oxygen atoms in total. The lowest BCUT2D eigenvalue weighted by molar-refractivity contribution is -0.125. The SMILES string of the molecule is CC1CCCCCC(C(=O)NN)CC1. The summed E-state index contributed by atoms with van der Waals surface area (Å²) in [4.78, 5) is 11.4. The Morgan fingerprint density at radius 1 is 1.14 bits per heavy atom. The van der Waals surface area contributed by atoms with Gasteiger partial charge in [-0.05, 0) is 25.2 Å². The molecule has 14 heavy (non-hydrogen) atoms. The maximum atomic E-state index is 11.4. The first-order chi connectivity index (χ1) is 6.74. The minimum atomic E-state index is 0.0269. The number of hydrogen-bond donors (Lipinski definition) is 2. The zero-order valence-corrected chi connectivity index (χ0v) is 9.09. The number of carbonyl (C=O) groups excluding carboxylic acids is 1. The molecule has 0 aromatic carbocycles. The molecule has 82 valence electrons. The van der Waals surface area contributed by atoms with Crippen molar-refractivity contribution in [2.75, 3.05) is 0 Å². The number of nitrogens with one attached hydrogen (secondary N) is 1. The molecule has 0 aromatic rings. The first-order valence-electron chi connectivity index (χ1n) is 5.74. The van der Waals surface area contributed by atoms with Crippen LogP contribution in [0.15, 0.2) is 0 Å². The van der Waals surface area contributed by atoms with Gasteiger partial charge in [0.15, 0.2) is 0 Å². The second kappa shape index (κ2) is 6.02. The highest BCUT2D eigenvalue weighted by atomic mass is 16.2. The van der Waals surface area contributed by atoms with Crippen molar-refractivity contribution in [3.8, 4) is 0 Å². The van der Waals surface area contributed by atoms with Crippen LogP contribution in [-0.2, 0) is 4.79 Å². The predicted molar refractivity (Wildman–Crippen MR) is 57.3 cm³/mol. The molecule has 1 aliphatic carbocycles. The summed E-state index contributed by atoms with van der Waals surface area (Å²) in [5.41, 5.74) is 2.28. The van der Waals surface area contributed by atoms with Crippen molar-refractivity contribution in [2.45, 2.75) is 51.9 Å². The van der Waals surface area contributed by atoms with E-state index in [0.717, 1.165) is 25.2 Å². The van der Waals surface area contributed by atoms with Crippen LogP contribution in [0.4, 0.5) is 0 Å². The van der Waals surface area contributed by atoms with Gasteiger partial charge in [-0.3, -0.25) is 10.2 Å². The van der Waals surface area contributed by atoms with E-state index in [1.807, 2.05) is 0 Å². The molecule has 2 atom stereocenters. The molecular weight excluding hydrogens is 176 g/mol. The molecule has 1 rings (SSSR count). The second-order valence-electron chi connectivity index (χ2n) is 4.53. The van der Waals surface area contributed by atoms with Gasteiger partial charge in [-0.2, -0.15) is 0 Å². The first kappa shape index (κ1) is 11.5. The quantitative estimate of drug-likeness (QED) is 0.384. The zero-order valence-electron chi connectivity index (χ0n) is 9.09. The molecule has 0 heterocycles. The first-order valence-corrected chi connectivity index (χ1v) is 5.74. The third-order valence-corrected chi connectivity index (χ3v) is 3.27. The molecule has 0 bridgehead atoms. The van der Waals surface area contributed by atoms with E-state index in [2.05, 4.69) is 12.3 Å². The van der Waals surface area contributed by atoms with E-state index >= 15 is 0 Å². The second-order valence-corrected chi connectivity index (χ2v) is 4.53. The molecule has 2 unspecified atom stereocenters. The molecule has 0 radical (unpaired) electrons. The topological polar surface area (TPSA) is 55.1 Å². The maximum Gasteiger partial charge on any atom is 0.236 e. The van der Waals surface area contributed by atoms with Gasteiger partial charge < -0.3 is 0 Å². The molecule has 1 fully saturated rings. The molecule has 0 aromatic heterocycles. The minimum Gasteiger partial charge on any atom is -0.294 e. The lowest BCUT2D eigenvalue weighted by Gasteiger charge is -2.15. The van der Waals surface area contributed by atoms with Crippen LogP contribution in [0.1, 0.15) is 51.9 Å². The van der Waals surface area contributed by atoms with Gasteiger partial charge in [-0.1, -0.05) is 32.6 Å². The van der Waals surface area contributed by atoms with Crippen LogP contribution in [0, 0.1) is 11.8 Å². The Morgan fingerprint density at radius 3 is 2.57 bits per heavy atom. The van der Waals surface area contributed by atoms with Crippen LogP contribution in [0.25, 0.3) is 0 Å². The fourth-order valence-corrected chi connectivity index (χ4v) is 2.21.